The van der Waals surface area contributed by atoms with Crippen LogP contribution >= 0.6 is 11.6 Å². The fraction of sp³-hybridized carbons (Fsp3) is 0.333. The lowest BCUT2D eigenvalue weighted by Crippen LogP contribution is -2.04. The highest BCUT2D eigenvalue weighted by Gasteiger charge is 2.05. The maximum Gasteiger partial charge on any atom is 0.0951 e. The van der Waals surface area contributed by atoms with Crippen LogP contribution in [0.1, 0.15) is 17.7 Å². The van der Waals surface area contributed by atoms with E-state index in [1.165, 1.54) is 0 Å². The first-order valence-corrected chi connectivity index (χ1v) is 5.87. The number of nitrogens with zero attached hydrogens (tertiary/aromatic N) is 3. The number of hydrogen-bond donors (Lipinski definition) is 1. The van der Waals surface area contributed by atoms with Gasteiger partial charge in [0.1, 0.15) is 0 Å². The van der Waals surface area contributed by atoms with Gasteiger partial charge in [-0.2, -0.15) is 0 Å². The Bertz CT molecular complexity index is 484. The highest BCUT2D eigenvalue weighted by Crippen LogP contribution is 2.16. The van der Waals surface area contributed by atoms with Crippen molar-refractivity contribution in [3.63, 3.8) is 0 Å². The Hall–Kier alpha value is -1.39. The molecule has 0 saturated heterocycles. The Kier molecular flexibility index (Phi) is 4.12. The fourth-order valence-corrected chi connectivity index (χ4v) is 1.85. The first kappa shape index (κ1) is 12.1. The summed E-state index contributed by atoms with van der Waals surface area (Å²) in [5, 5.41) is 9.49. The van der Waals surface area contributed by atoms with Crippen molar-refractivity contribution in [3.05, 3.63) is 47.3 Å². The van der Waals surface area contributed by atoms with Gasteiger partial charge in [-0.25, -0.2) is 4.98 Å². The summed E-state index contributed by atoms with van der Waals surface area (Å²) in [7, 11) is 0. The van der Waals surface area contributed by atoms with E-state index in [1.807, 2.05) is 16.8 Å². The number of aliphatic hydroxyl groups is 1. The molecule has 2 aromatic heterocycles. The number of halogens is 1. The van der Waals surface area contributed by atoms with E-state index in [1.54, 1.807) is 18.7 Å². The minimum Gasteiger partial charge on any atom is -0.396 e. The third-order valence-corrected chi connectivity index (χ3v) is 2.93. The van der Waals surface area contributed by atoms with Crippen molar-refractivity contribution in [1.29, 1.82) is 0 Å². The molecule has 2 rings (SSSR count). The lowest BCUT2D eigenvalue weighted by Gasteiger charge is -2.08. The van der Waals surface area contributed by atoms with Crippen molar-refractivity contribution >= 4 is 11.6 Å². The number of aliphatic hydroxyl groups excluding tert-OH is 1. The van der Waals surface area contributed by atoms with Crippen LogP contribution in [0.2, 0.25) is 5.02 Å². The van der Waals surface area contributed by atoms with Crippen molar-refractivity contribution < 1.29 is 5.11 Å². The van der Waals surface area contributed by atoms with E-state index >= 15 is 0 Å². The van der Waals surface area contributed by atoms with E-state index < -0.39 is 0 Å². The highest BCUT2D eigenvalue weighted by molar-refractivity contribution is 6.31. The molecule has 0 unspecified atom stereocenters. The van der Waals surface area contributed by atoms with Crippen LogP contribution in [0.25, 0.3) is 0 Å². The van der Waals surface area contributed by atoms with Crippen molar-refractivity contribution in [1.82, 2.24) is 14.5 Å². The molecule has 90 valence electrons. The maximum absolute atomic E-state index is 8.83. The van der Waals surface area contributed by atoms with E-state index in [9.17, 15) is 0 Å². The predicted octanol–water partition coefficient (Wildman–Crippen LogP) is 1.90. The van der Waals surface area contributed by atoms with Gasteiger partial charge in [-0.1, -0.05) is 11.6 Å². The van der Waals surface area contributed by atoms with E-state index in [0.29, 0.717) is 11.6 Å². The summed E-state index contributed by atoms with van der Waals surface area (Å²) >= 11 is 6.06. The van der Waals surface area contributed by atoms with Gasteiger partial charge in [0.25, 0.3) is 0 Å². The average Bonchev–Trinajstić information content (AvgIpc) is 2.77. The van der Waals surface area contributed by atoms with Crippen molar-refractivity contribution in [2.24, 2.45) is 0 Å². The molecule has 17 heavy (non-hydrogen) atoms. The van der Waals surface area contributed by atoms with Crippen molar-refractivity contribution in [3.8, 4) is 0 Å². The fourth-order valence-electron chi connectivity index (χ4n) is 1.67. The van der Waals surface area contributed by atoms with Crippen LogP contribution in [0.15, 0.2) is 31.0 Å². The van der Waals surface area contributed by atoms with Gasteiger partial charge in [0.05, 0.1) is 17.9 Å². The summed E-state index contributed by atoms with van der Waals surface area (Å²) in [4.78, 5) is 8.08. The van der Waals surface area contributed by atoms with Gasteiger partial charge in [0.15, 0.2) is 0 Å². The predicted molar refractivity (Wildman–Crippen MR) is 66.0 cm³/mol. The molecule has 4 nitrogen and oxygen atoms in total. The van der Waals surface area contributed by atoms with Crippen LogP contribution in [0.4, 0.5) is 0 Å². The zero-order valence-electron chi connectivity index (χ0n) is 9.38. The molecule has 0 amide bonds. The normalized spacial score (nSPS) is 10.7. The molecule has 5 heteroatoms. The van der Waals surface area contributed by atoms with Crippen LogP contribution in [0, 0.1) is 0 Å². The molecule has 0 aliphatic rings. The zero-order valence-corrected chi connectivity index (χ0v) is 10.1. The zero-order chi connectivity index (χ0) is 12.1. The minimum atomic E-state index is 0.196. The third kappa shape index (κ3) is 3.05. The number of aryl methyl sites for hydroxylation is 1. The molecule has 0 aliphatic heterocycles. The SMILES string of the molecule is OCCCc1cncn1Cc1ccncc1Cl. The standard InChI is InChI=1S/C12H14ClN3O/c13-12-7-14-4-3-10(12)8-16-9-15-6-11(16)2-1-5-17/h3-4,6-7,9,17H,1-2,5,8H2. The van der Waals surface area contributed by atoms with Gasteiger partial charge in [-0.3, -0.25) is 4.98 Å². The summed E-state index contributed by atoms with van der Waals surface area (Å²) in [5.74, 6) is 0. The Morgan fingerprint density at radius 3 is 2.94 bits per heavy atom. The molecule has 2 heterocycles. The topological polar surface area (TPSA) is 50.9 Å². The number of rotatable bonds is 5. The first-order valence-electron chi connectivity index (χ1n) is 5.49. The minimum absolute atomic E-state index is 0.196. The average molecular weight is 252 g/mol. The largest absolute Gasteiger partial charge is 0.396 e. The molecular weight excluding hydrogens is 238 g/mol. The van der Waals surface area contributed by atoms with E-state index in [4.69, 9.17) is 16.7 Å². The van der Waals surface area contributed by atoms with E-state index in [0.717, 1.165) is 24.1 Å². The Morgan fingerprint density at radius 1 is 1.29 bits per heavy atom. The molecule has 1 N–H and O–H groups in total. The van der Waals surface area contributed by atoms with Crippen LogP contribution in [0.5, 0.6) is 0 Å². The second-order valence-corrected chi connectivity index (χ2v) is 4.21. The van der Waals surface area contributed by atoms with Crippen LogP contribution in [0.3, 0.4) is 0 Å². The number of hydrogen-bond acceptors (Lipinski definition) is 3. The Balaban J connectivity index is 2.13. The molecule has 0 saturated carbocycles. The van der Waals surface area contributed by atoms with Crippen molar-refractivity contribution in [2.75, 3.05) is 6.61 Å². The van der Waals surface area contributed by atoms with Gasteiger partial charge in [0, 0.05) is 30.9 Å². The second kappa shape index (κ2) is 5.80. The molecule has 0 atom stereocenters. The van der Waals surface area contributed by atoms with Gasteiger partial charge in [-0.15, -0.1) is 0 Å². The molecule has 0 aromatic carbocycles. The van der Waals surface area contributed by atoms with Gasteiger partial charge in [-0.05, 0) is 24.5 Å². The summed E-state index contributed by atoms with van der Waals surface area (Å²) in [6.45, 7) is 0.878. The quantitative estimate of drug-likeness (QED) is 0.883. The van der Waals surface area contributed by atoms with E-state index in [-0.39, 0.29) is 6.61 Å². The molecule has 0 fully saturated rings. The van der Waals surface area contributed by atoms with Gasteiger partial charge < -0.3 is 9.67 Å². The first-order chi connectivity index (χ1) is 8.31. The van der Waals surface area contributed by atoms with Crippen LogP contribution in [-0.2, 0) is 13.0 Å². The molecular formula is C12H14ClN3O. The molecule has 2 aromatic rings. The lowest BCUT2D eigenvalue weighted by atomic mass is 10.2. The highest BCUT2D eigenvalue weighted by atomic mass is 35.5. The summed E-state index contributed by atoms with van der Waals surface area (Å²) < 4.78 is 2.04. The third-order valence-electron chi connectivity index (χ3n) is 2.59. The monoisotopic (exact) mass is 251 g/mol. The van der Waals surface area contributed by atoms with Gasteiger partial charge in [0.2, 0.25) is 0 Å². The molecule has 0 radical (unpaired) electrons. The molecule has 0 spiro atoms. The summed E-state index contributed by atoms with van der Waals surface area (Å²) in [6, 6.07) is 1.90. The molecule has 0 bridgehead atoms. The van der Waals surface area contributed by atoms with Gasteiger partial charge >= 0.3 is 0 Å². The van der Waals surface area contributed by atoms with Crippen LogP contribution in [-0.4, -0.2) is 26.2 Å². The smallest absolute Gasteiger partial charge is 0.0951 e. The Morgan fingerprint density at radius 2 is 2.18 bits per heavy atom. The number of aromatic nitrogens is 3. The maximum atomic E-state index is 8.83. The number of pyridine rings is 1. The summed E-state index contributed by atoms with van der Waals surface area (Å²) in [5.41, 5.74) is 2.12. The summed E-state index contributed by atoms with van der Waals surface area (Å²) in [6.07, 6.45) is 8.54. The van der Waals surface area contributed by atoms with E-state index in [2.05, 4.69) is 9.97 Å². The Labute approximate surface area is 105 Å². The molecule has 0 aliphatic carbocycles. The number of imidazole rings is 1. The van der Waals surface area contributed by atoms with Crippen LogP contribution < -0.4 is 0 Å². The second-order valence-electron chi connectivity index (χ2n) is 3.81. The lowest BCUT2D eigenvalue weighted by molar-refractivity contribution is 0.287. The van der Waals surface area contributed by atoms with Crippen molar-refractivity contribution in [2.45, 2.75) is 19.4 Å².